The number of nitrogens with one attached hydrogen (secondary N) is 3. The summed E-state index contributed by atoms with van der Waals surface area (Å²) >= 11 is 6.99. The Morgan fingerprint density at radius 2 is 1.74 bits per heavy atom. The summed E-state index contributed by atoms with van der Waals surface area (Å²) < 4.78 is 43.2. The minimum Gasteiger partial charge on any atom is -0.481 e. The number of thiophene rings is 1. The van der Waals surface area contributed by atoms with E-state index in [1.807, 2.05) is 0 Å². The van der Waals surface area contributed by atoms with Crippen LogP contribution in [0.1, 0.15) is 40.1 Å². The zero-order valence-electron chi connectivity index (χ0n) is 21.0. The van der Waals surface area contributed by atoms with Crippen molar-refractivity contribution < 1.29 is 27.4 Å². The molecule has 3 aromatic rings. The van der Waals surface area contributed by atoms with Crippen molar-refractivity contribution in [2.24, 2.45) is 0 Å². The van der Waals surface area contributed by atoms with Gasteiger partial charge in [0.15, 0.2) is 10.9 Å². The van der Waals surface area contributed by atoms with Gasteiger partial charge in [0, 0.05) is 16.6 Å². The van der Waals surface area contributed by atoms with Gasteiger partial charge in [-0.3, -0.25) is 4.72 Å². The predicted octanol–water partition coefficient (Wildman–Crippen LogP) is 4.22. The topological polar surface area (TPSA) is 141 Å². The molecule has 0 saturated heterocycles. The molecule has 14 heteroatoms. The number of hydrogen-bond donors (Lipinski definition) is 3. The molecule has 202 valence electrons. The van der Waals surface area contributed by atoms with Gasteiger partial charge in [-0.2, -0.15) is 9.97 Å². The third-order valence-corrected chi connectivity index (χ3v) is 8.56. The van der Waals surface area contributed by atoms with Crippen LogP contribution < -0.4 is 24.8 Å². The number of carbonyl (C=O) groups is 1. The van der Waals surface area contributed by atoms with Crippen LogP contribution in [-0.4, -0.2) is 50.8 Å². The standard InChI is InChI=1S/C24H27N5O6S3/c1-33-19-13-18(26-23(27-19)35-3)29-38(31,32)15-11-9-14(10-12-15)25-24(36)28-21-20(22(30)34-2)16-7-5-4-6-8-17(16)37-21/h9-13H,4-8H2,1-3H3,(H2,25,28,36)(H,26,27,29). The number of nitrogens with zero attached hydrogens (tertiary/aromatic N) is 2. The second-order valence-corrected chi connectivity index (χ2v) is 11.4. The first kappa shape index (κ1) is 27.5. The Hall–Kier alpha value is -3.49. The van der Waals surface area contributed by atoms with Crippen LogP contribution in [-0.2, 0) is 27.6 Å². The number of esters is 1. The smallest absolute Gasteiger partial charge is 0.341 e. The van der Waals surface area contributed by atoms with E-state index in [-0.39, 0.29) is 27.7 Å². The molecule has 3 N–H and O–H groups in total. The Bertz CT molecular complexity index is 1420. The summed E-state index contributed by atoms with van der Waals surface area (Å²) in [5.74, 6) is -0.250. The van der Waals surface area contributed by atoms with Crippen LogP contribution in [0, 0.1) is 0 Å². The molecular weight excluding hydrogens is 550 g/mol. The van der Waals surface area contributed by atoms with Gasteiger partial charge < -0.3 is 24.8 Å². The molecule has 1 aliphatic carbocycles. The molecule has 2 aromatic heterocycles. The first-order valence-electron chi connectivity index (χ1n) is 11.6. The Labute approximate surface area is 230 Å². The highest BCUT2D eigenvalue weighted by molar-refractivity contribution is 7.92. The van der Waals surface area contributed by atoms with Crippen molar-refractivity contribution in [3.05, 3.63) is 46.3 Å². The number of thiocarbonyl (C=S) groups is 1. The van der Waals surface area contributed by atoms with E-state index in [1.54, 1.807) is 12.1 Å². The summed E-state index contributed by atoms with van der Waals surface area (Å²) in [7, 11) is 0.171. The van der Waals surface area contributed by atoms with E-state index in [0.717, 1.165) is 37.7 Å². The molecule has 0 atom stereocenters. The number of benzene rings is 1. The average molecular weight is 578 g/mol. The largest absolute Gasteiger partial charge is 0.481 e. The van der Waals surface area contributed by atoms with E-state index in [9.17, 15) is 13.2 Å². The Kier molecular flexibility index (Phi) is 8.64. The van der Waals surface area contributed by atoms with Gasteiger partial charge in [-0.05, 0) is 67.7 Å². The molecule has 1 aromatic carbocycles. The number of fused-ring (bicyclic) bond motifs is 1. The number of rotatable bonds is 8. The SMILES string of the molecule is COC(=O)c1c(NC(=S)Nc2ccc(S(=O)(=O)Nc3cc(OC)nc(OC)n3)cc2)sc2c1CCCCC2. The highest BCUT2D eigenvalue weighted by Crippen LogP contribution is 2.38. The van der Waals surface area contributed by atoms with Crippen LogP contribution in [0.5, 0.6) is 11.9 Å². The number of methoxy groups -OCH3 is 3. The third-order valence-electron chi connectivity index (χ3n) is 5.77. The fraction of sp³-hybridized carbons (Fsp3) is 0.333. The number of hydrogen-bond acceptors (Lipinski definition) is 10. The van der Waals surface area contributed by atoms with E-state index in [4.69, 9.17) is 26.4 Å². The highest BCUT2D eigenvalue weighted by Gasteiger charge is 2.26. The molecule has 0 spiro atoms. The lowest BCUT2D eigenvalue weighted by Gasteiger charge is -2.12. The minimum atomic E-state index is -3.96. The Morgan fingerprint density at radius 3 is 2.42 bits per heavy atom. The molecule has 0 amide bonds. The van der Waals surface area contributed by atoms with Crippen molar-refractivity contribution in [2.75, 3.05) is 36.7 Å². The first-order chi connectivity index (χ1) is 18.2. The Morgan fingerprint density at radius 1 is 1.00 bits per heavy atom. The van der Waals surface area contributed by atoms with E-state index in [2.05, 4.69) is 25.3 Å². The second-order valence-electron chi connectivity index (χ2n) is 8.25. The van der Waals surface area contributed by atoms with E-state index in [0.29, 0.717) is 16.3 Å². The number of anilines is 3. The molecule has 38 heavy (non-hydrogen) atoms. The van der Waals surface area contributed by atoms with Gasteiger partial charge in [-0.1, -0.05) is 6.42 Å². The maximum Gasteiger partial charge on any atom is 0.341 e. The Balaban J connectivity index is 1.46. The van der Waals surface area contributed by atoms with Crippen molar-refractivity contribution in [3.8, 4) is 11.9 Å². The van der Waals surface area contributed by atoms with Gasteiger partial charge in [-0.15, -0.1) is 11.3 Å². The summed E-state index contributed by atoms with van der Waals surface area (Å²) in [6, 6.07) is 7.31. The fourth-order valence-electron chi connectivity index (χ4n) is 3.98. The van der Waals surface area contributed by atoms with Gasteiger partial charge >= 0.3 is 12.0 Å². The molecule has 0 bridgehead atoms. The molecular formula is C24H27N5O6S3. The molecule has 1 aliphatic rings. The molecule has 2 heterocycles. The first-order valence-corrected chi connectivity index (χ1v) is 14.4. The quantitative estimate of drug-likeness (QED) is 0.201. The van der Waals surface area contributed by atoms with Crippen molar-refractivity contribution in [2.45, 2.75) is 37.0 Å². The number of aromatic nitrogens is 2. The van der Waals surface area contributed by atoms with Gasteiger partial charge in [0.25, 0.3) is 10.0 Å². The third kappa shape index (κ3) is 6.31. The van der Waals surface area contributed by atoms with Crippen LogP contribution in [0.15, 0.2) is 35.2 Å². The summed E-state index contributed by atoms with van der Waals surface area (Å²) in [5.41, 5.74) is 2.12. The number of ether oxygens (including phenoxy) is 3. The van der Waals surface area contributed by atoms with Gasteiger partial charge in [0.05, 0.1) is 31.8 Å². The lowest BCUT2D eigenvalue weighted by atomic mass is 10.1. The van der Waals surface area contributed by atoms with Crippen molar-refractivity contribution >= 4 is 61.2 Å². The number of sulfonamides is 1. The molecule has 11 nitrogen and oxygen atoms in total. The maximum atomic E-state index is 12.9. The monoisotopic (exact) mass is 577 g/mol. The van der Waals surface area contributed by atoms with Crippen molar-refractivity contribution in [3.63, 3.8) is 0 Å². The lowest BCUT2D eigenvalue weighted by molar-refractivity contribution is 0.0601. The van der Waals surface area contributed by atoms with Crippen LogP contribution in [0.3, 0.4) is 0 Å². The minimum absolute atomic E-state index is 0.00274. The molecule has 0 unspecified atom stereocenters. The summed E-state index contributed by atoms with van der Waals surface area (Å²) in [6.45, 7) is 0. The second kappa shape index (κ2) is 11.9. The number of aryl methyl sites for hydroxylation is 1. The summed E-state index contributed by atoms with van der Waals surface area (Å²) in [4.78, 5) is 21.7. The molecule has 0 radical (unpaired) electrons. The highest BCUT2D eigenvalue weighted by atomic mass is 32.2. The zero-order chi connectivity index (χ0) is 27.3. The predicted molar refractivity (Wildman–Crippen MR) is 149 cm³/mol. The van der Waals surface area contributed by atoms with Crippen molar-refractivity contribution in [1.82, 2.24) is 9.97 Å². The normalized spacial score (nSPS) is 13.0. The van der Waals surface area contributed by atoms with E-state index >= 15 is 0 Å². The van der Waals surface area contributed by atoms with Crippen LogP contribution >= 0.6 is 23.6 Å². The average Bonchev–Trinajstić information content (AvgIpc) is 3.07. The van der Waals surface area contributed by atoms with Crippen LogP contribution in [0.2, 0.25) is 0 Å². The summed E-state index contributed by atoms with van der Waals surface area (Å²) in [6.07, 6.45) is 4.99. The van der Waals surface area contributed by atoms with Gasteiger partial charge in [0.2, 0.25) is 5.88 Å². The van der Waals surface area contributed by atoms with Crippen molar-refractivity contribution in [1.29, 1.82) is 0 Å². The van der Waals surface area contributed by atoms with Gasteiger partial charge in [0.1, 0.15) is 5.00 Å². The molecule has 4 rings (SSSR count). The van der Waals surface area contributed by atoms with Crippen LogP contribution in [0.25, 0.3) is 0 Å². The lowest BCUT2D eigenvalue weighted by Crippen LogP contribution is -2.20. The molecule has 0 fully saturated rings. The fourth-order valence-corrected chi connectivity index (χ4v) is 6.54. The molecule has 0 aliphatic heterocycles. The zero-order valence-corrected chi connectivity index (χ0v) is 23.4. The van der Waals surface area contributed by atoms with E-state index in [1.165, 1.54) is 55.7 Å². The van der Waals surface area contributed by atoms with Crippen LogP contribution in [0.4, 0.5) is 16.5 Å². The van der Waals surface area contributed by atoms with Gasteiger partial charge in [-0.25, -0.2) is 13.2 Å². The van der Waals surface area contributed by atoms with E-state index < -0.39 is 16.0 Å². The molecule has 0 saturated carbocycles. The summed E-state index contributed by atoms with van der Waals surface area (Å²) in [5, 5.41) is 7.06. The maximum absolute atomic E-state index is 12.9. The number of carbonyl (C=O) groups excluding carboxylic acids is 1.